The highest BCUT2D eigenvalue weighted by atomic mass is 31.1. The third-order valence-corrected chi connectivity index (χ3v) is 14.7. The van der Waals surface area contributed by atoms with Gasteiger partial charge in [0.1, 0.15) is 54.6 Å². The van der Waals surface area contributed by atoms with Crippen LogP contribution in [0.25, 0.3) is 22.3 Å². The lowest BCUT2D eigenvalue weighted by Gasteiger charge is -2.34. The maximum atomic E-state index is 14.5. The fraction of sp³-hybridized carbons (Fsp3) is 0.415. The molecule has 0 radical (unpaired) electrons. The first kappa shape index (κ1) is 60.3. The molecule has 26 nitrogen and oxygen atoms in total. The normalized spacial score (nSPS) is 28.1. The predicted octanol–water partition coefficient (Wildman–Crippen LogP) is -1.68. The Labute approximate surface area is 458 Å². The monoisotopic (exact) mass is 1130 g/mol. The molecule has 3 fully saturated rings. The number of nitrogens with one attached hydrogen (secondary N) is 5. The van der Waals surface area contributed by atoms with Crippen LogP contribution in [0.4, 0.5) is 0 Å². The van der Waals surface area contributed by atoms with Gasteiger partial charge in [-0.3, -0.25) is 33.6 Å². The first-order valence-corrected chi connectivity index (χ1v) is 26.5. The van der Waals surface area contributed by atoms with E-state index in [0.717, 1.165) is 64.6 Å². The van der Waals surface area contributed by atoms with Crippen LogP contribution in [0, 0.1) is 5.92 Å². The van der Waals surface area contributed by atoms with E-state index in [4.69, 9.17) is 9.78 Å². The maximum absolute atomic E-state index is 14.5. The molecule has 428 valence electrons. The van der Waals surface area contributed by atoms with Crippen molar-refractivity contribution in [3.8, 4) is 28.0 Å². The summed E-state index contributed by atoms with van der Waals surface area (Å²) in [5.41, 5.74) is 3.33. The molecule has 7 amide bonds. The lowest BCUT2D eigenvalue weighted by Crippen LogP contribution is -2.64. The minimum Gasteiger partial charge on any atom is -0.391 e. The number of carbonyl (C=O) groups is 7. The molecular weight excluding hydrogens is 1070 g/mol. The average Bonchev–Trinajstić information content (AvgIpc) is 4.07. The van der Waals surface area contributed by atoms with Crippen molar-refractivity contribution in [2.24, 2.45) is 5.92 Å². The summed E-state index contributed by atoms with van der Waals surface area (Å²) in [6.07, 6.45) is -17.1. The minimum absolute atomic E-state index is 0.00107. The van der Waals surface area contributed by atoms with E-state index in [1.54, 1.807) is 12.1 Å². The summed E-state index contributed by atoms with van der Waals surface area (Å²) in [5.74, 6) is -9.61. The molecule has 3 aliphatic heterocycles. The molecule has 0 saturated carbocycles. The third-order valence-electron chi connectivity index (χ3n) is 14.2. The average molecular weight is 1130 g/mol. The van der Waals surface area contributed by atoms with Crippen molar-refractivity contribution in [3.63, 3.8) is 0 Å². The Kier molecular flexibility index (Phi) is 19.8. The molecule has 4 aromatic carbocycles. The maximum Gasteiger partial charge on any atom is 0.781 e. The summed E-state index contributed by atoms with van der Waals surface area (Å²) < 4.78 is 20.0. The van der Waals surface area contributed by atoms with E-state index in [2.05, 4.69) is 31.3 Å². The van der Waals surface area contributed by atoms with Gasteiger partial charge in [-0.05, 0) is 65.9 Å². The molecular formula is C53H63N7O19P+. The Morgan fingerprint density at radius 3 is 1.73 bits per heavy atom. The van der Waals surface area contributed by atoms with Crippen molar-refractivity contribution in [2.75, 3.05) is 13.1 Å². The van der Waals surface area contributed by atoms with Crippen molar-refractivity contribution >= 4 is 49.6 Å². The van der Waals surface area contributed by atoms with Crippen LogP contribution in [0.1, 0.15) is 55.6 Å². The lowest BCUT2D eigenvalue weighted by atomic mass is 9.96. The van der Waals surface area contributed by atoms with Gasteiger partial charge in [-0.1, -0.05) is 85.8 Å². The van der Waals surface area contributed by atoms with Gasteiger partial charge in [0, 0.05) is 42.0 Å². The van der Waals surface area contributed by atoms with Crippen molar-refractivity contribution in [1.29, 1.82) is 0 Å². The van der Waals surface area contributed by atoms with Gasteiger partial charge in [0.15, 0.2) is 12.0 Å². The zero-order valence-electron chi connectivity index (χ0n) is 43.3. The van der Waals surface area contributed by atoms with E-state index in [1.807, 2.05) is 54.6 Å². The van der Waals surface area contributed by atoms with Crippen molar-refractivity contribution < 1.29 is 93.4 Å². The Balaban J connectivity index is 1.22. The summed E-state index contributed by atoms with van der Waals surface area (Å²) in [7, 11) is -3.03. The molecule has 3 saturated heterocycles. The number of hydrogen-bond acceptors (Lipinski definition) is 19. The minimum atomic E-state index is -3.03. The van der Waals surface area contributed by atoms with E-state index in [0.29, 0.717) is 5.56 Å². The number of aliphatic hydroxyl groups excluding tert-OH is 8. The zero-order valence-corrected chi connectivity index (χ0v) is 44.1. The lowest BCUT2D eigenvalue weighted by molar-refractivity contribution is -0.148. The fourth-order valence-electron chi connectivity index (χ4n) is 9.72. The molecule has 16 atom stereocenters. The Bertz CT molecular complexity index is 2890. The highest BCUT2D eigenvalue weighted by molar-refractivity contribution is 7.33. The van der Waals surface area contributed by atoms with E-state index in [-0.39, 0.29) is 16.9 Å². The van der Waals surface area contributed by atoms with E-state index in [9.17, 15) is 79.0 Å². The molecule has 7 rings (SSSR count). The number of carbonyl (C=O) groups excluding carboxylic acids is 7. The number of amides is 7. The number of fused-ring (bicyclic) bond motifs is 2. The number of aliphatic hydroxyl groups is 8. The number of rotatable bonds is 12. The Morgan fingerprint density at radius 2 is 1.16 bits per heavy atom. The summed E-state index contributed by atoms with van der Waals surface area (Å²) in [5, 5.41) is 110. The van der Waals surface area contributed by atoms with E-state index in [1.165, 1.54) is 19.1 Å². The van der Waals surface area contributed by atoms with Gasteiger partial charge >= 0.3 is 8.25 Å². The van der Waals surface area contributed by atoms with Crippen LogP contribution in [0.5, 0.6) is 5.75 Å². The van der Waals surface area contributed by atoms with Gasteiger partial charge < -0.3 is 77.2 Å². The molecule has 4 aromatic rings. The van der Waals surface area contributed by atoms with Crippen LogP contribution in [0.3, 0.4) is 0 Å². The predicted molar refractivity (Wildman–Crippen MR) is 279 cm³/mol. The van der Waals surface area contributed by atoms with Crippen molar-refractivity contribution in [1.82, 2.24) is 36.4 Å². The molecule has 2 unspecified atom stereocenters. The topological polar surface area (TPSA) is 404 Å². The second-order valence-electron chi connectivity index (χ2n) is 19.9. The van der Waals surface area contributed by atoms with Crippen molar-refractivity contribution in [2.45, 2.75) is 119 Å². The number of nitrogens with zero attached hydrogens (tertiary/aromatic N) is 2. The van der Waals surface area contributed by atoms with Gasteiger partial charge in [-0.25, -0.2) is 9.78 Å². The van der Waals surface area contributed by atoms with Crippen LogP contribution in [-0.4, -0.2) is 189 Å². The third kappa shape index (κ3) is 14.0. The molecule has 80 heavy (non-hydrogen) atoms. The van der Waals surface area contributed by atoms with Gasteiger partial charge in [0.2, 0.25) is 35.4 Å². The summed E-state index contributed by atoms with van der Waals surface area (Å²) in [6, 6.07) is 16.1. The van der Waals surface area contributed by atoms with Gasteiger partial charge in [-0.15, -0.1) is 0 Å². The largest absolute Gasteiger partial charge is 0.781 e. The second kappa shape index (κ2) is 26.3. The molecule has 0 bridgehead atoms. The standard InChI is InChI=1S/C53H62N7O19P/c1-25-23-60-42(43(25)65)51(73)58-49(71)38(64)22-36(54-46(68)33-15-13-31(14-16-33)30-11-9-29(10-12-30)28-7-5-4-6-8-28)47(69)55-39(26(2)61)52(74)59-24-34(63)21-37(59)48(70)57-41(50(72)56-40(27(3)62)53(60)75)45(67)44(66)32-17-19-35(20-18-32)78-80(77)79-76/h4-20,25-27,34,36-45,49,61-67,71H,21-24H2,1-3H3,(H5-,54,55,56,57,58,68,69,70,72,73,76)/p+1/t25-,26+,27+,34+,36?,37-,38+,39-,40-,41-,42-,43-,44-,45-,49+/m0/s1. The first-order valence-electron chi connectivity index (χ1n) is 25.4. The summed E-state index contributed by atoms with van der Waals surface area (Å²) in [4.78, 5) is 102. The van der Waals surface area contributed by atoms with Crippen LogP contribution >= 0.6 is 8.25 Å². The van der Waals surface area contributed by atoms with Crippen LogP contribution in [0.15, 0.2) is 103 Å². The fourth-order valence-corrected chi connectivity index (χ4v) is 10.0. The van der Waals surface area contributed by atoms with Crippen LogP contribution in [0.2, 0.25) is 0 Å². The molecule has 0 aromatic heterocycles. The Morgan fingerprint density at radius 1 is 0.637 bits per heavy atom. The highest BCUT2D eigenvalue weighted by Crippen LogP contribution is 2.31. The molecule has 0 aliphatic carbocycles. The molecule has 0 spiro atoms. The van der Waals surface area contributed by atoms with Crippen LogP contribution in [-0.2, 0) is 38.0 Å². The molecule has 3 aliphatic rings. The van der Waals surface area contributed by atoms with E-state index >= 15 is 0 Å². The first-order chi connectivity index (χ1) is 38.0. The SMILES string of the molecule is C[C@@H](O)[C@@H]1NC(=O)[C@H]([C@H](O)[C@@H](O)c2ccc(O[P+](=O)OO)cc2)NC(=O)[C@@H]2C[C@@H](O)CN2C(=O)[C@H]([C@@H](C)O)NC(=O)C(NC(=O)c2ccc(-c3ccc(-c4ccccc4)cc3)cc2)C[C@@H](O)[C@@H](O)NC(=O)[C@@H]2[C@@H](O)[C@@H](C)CN2C1=O. The number of hydrogen-bond donors (Lipinski definition) is 14. The molecule has 14 N–H and O–H groups in total. The second-order valence-corrected chi connectivity index (χ2v) is 20.7. The quantitative estimate of drug-likeness (QED) is 0.0428. The van der Waals surface area contributed by atoms with Gasteiger partial charge in [-0.2, -0.15) is 0 Å². The Hall–Kier alpha value is -7.33. The van der Waals surface area contributed by atoms with Crippen molar-refractivity contribution in [3.05, 3.63) is 114 Å². The summed E-state index contributed by atoms with van der Waals surface area (Å²) >= 11 is 0. The van der Waals surface area contributed by atoms with Gasteiger partial charge in [0.25, 0.3) is 5.91 Å². The van der Waals surface area contributed by atoms with E-state index < -0.39 is 167 Å². The highest BCUT2D eigenvalue weighted by Gasteiger charge is 2.50. The molecule has 27 heteroatoms. The number of benzene rings is 4. The smallest absolute Gasteiger partial charge is 0.391 e. The van der Waals surface area contributed by atoms with Gasteiger partial charge in [0.05, 0.1) is 29.1 Å². The molecule has 3 heterocycles. The summed E-state index contributed by atoms with van der Waals surface area (Å²) in [6.45, 7) is 2.58. The van der Waals surface area contributed by atoms with Crippen LogP contribution < -0.4 is 31.1 Å². The zero-order chi connectivity index (χ0) is 58.3.